The molecule has 190 valence electrons. The Kier molecular flexibility index (Phi) is 9.77. The molecule has 1 amide bonds. The summed E-state index contributed by atoms with van der Waals surface area (Å²) in [4.78, 5) is 13.2. The number of carbonyl (C=O) groups excluding carboxylic acids is 1. The third-order valence-corrected chi connectivity index (χ3v) is 6.30. The first-order chi connectivity index (χ1) is 18.2. The Morgan fingerprint density at radius 3 is 1.70 bits per heavy atom. The van der Waals surface area contributed by atoms with Gasteiger partial charge in [-0.1, -0.05) is 92.6 Å². The molecule has 0 spiro atoms. The molecule has 4 aromatic rings. The Bertz CT molecular complexity index is 1210. The van der Waals surface area contributed by atoms with E-state index in [0.29, 0.717) is 19.6 Å². The second kappa shape index (κ2) is 13.9. The number of nitrogens with one attached hydrogen (secondary N) is 1. The molecule has 4 aromatic carbocycles. The van der Waals surface area contributed by atoms with Gasteiger partial charge in [-0.25, -0.2) is 0 Å². The largest absolute Gasteiger partial charge is 0.489 e. The van der Waals surface area contributed by atoms with Crippen molar-refractivity contribution in [2.45, 2.75) is 45.8 Å². The molecule has 4 rings (SSSR count). The lowest BCUT2D eigenvalue weighted by Gasteiger charge is -2.17. The number of rotatable bonds is 13. The van der Waals surface area contributed by atoms with Gasteiger partial charge < -0.3 is 14.8 Å². The molecule has 4 nitrogen and oxygen atoms in total. The minimum atomic E-state index is -0.0926. The fourth-order valence-electron chi connectivity index (χ4n) is 4.14. The number of anilines is 1. The lowest BCUT2D eigenvalue weighted by molar-refractivity contribution is -0.120. The minimum Gasteiger partial charge on any atom is -0.489 e. The van der Waals surface area contributed by atoms with Gasteiger partial charge in [0.15, 0.2) is 0 Å². The number of ether oxygens (including phenoxy) is 2. The average molecular weight is 494 g/mol. The Labute approximate surface area is 220 Å². The van der Waals surface area contributed by atoms with E-state index in [2.05, 4.69) is 36.5 Å². The zero-order chi connectivity index (χ0) is 25.7. The third-order valence-electron chi connectivity index (χ3n) is 6.30. The van der Waals surface area contributed by atoms with Gasteiger partial charge in [0.25, 0.3) is 0 Å². The Balaban J connectivity index is 1.30. The molecule has 0 aliphatic rings. The molecule has 0 heterocycles. The van der Waals surface area contributed by atoms with Gasteiger partial charge in [-0.05, 0) is 65.9 Å². The minimum absolute atomic E-state index is 0.0517. The summed E-state index contributed by atoms with van der Waals surface area (Å²) in [6.07, 6.45) is 3.63. The van der Waals surface area contributed by atoms with E-state index in [9.17, 15) is 4.79 Å². The van der Waals surface area contributed by atoms with Crippen LogP contribution in [0.1, 0.15) is 42.9 Å². The van der Waals surface area contributed by atoms with Gasteiger partial charge in [0.1, 0.15) is 24.7 Å². The van der Waals surface area contributed by atoms with E-state index in [1.54, 1.807) is 0 Å². The van der Waals surface area contributed by atoms with Crippen LogP contribution in [0.25, 0.3) is 0 Å². The van der Waals surface area contributed by atoms with Crippen LogP contribution >= 0.6 is 0 Å². The van der Waals surface area contributed by atoms with E-state index < -0.39 is 0 Å². The number of hydrogen-bond acceptors (Lipinski definition) is 3. The fourth-order valence-corrected chi connectivity index (χ4v) is 4.14. The monoisotopic (exact) mass is 493 g/mol. The number of amides is 1. The second-order valence-corrected chi connectivity index (χ2v) is 9.25. The van der Waals surface area contributed by atoms with E-state index in [1.165, 1.54) is 0 Å². The van der Waals surface area contributed by atoms with Crippen molar-refractivity contribution in [1.82, 2.24) is 0 Å². The maximum Gasteiger partial charge on any atom is 0.227 e. The summed E-state index contributed by atoms with van der Waals surface area (Å²) in [7, 11) is 0. The van der Waals surface area contributed by atoms with Crippen LogP contribution in [0.15, 0.2) is 109 Å². The summed E-state index contributed by atoms with van der Waals surface area (Å²) in [5.41, 5.74) is 4.17. The van der Waals surface area contributed by atoms with E-state index in [0.717, 1.165) is 53.1 Å². The summed E-state index contributed by atoms with van der Waals surface area (Å²) in [6, 6.07) is 35.9. The van der Waals surface area contributed by atoms with Gasteiger partial charge in [0.05, 0.1) is 0 Å². The van der Waals surface area contributed by atoms with Gasteiger partial charge in [0.2, 0.25) is 5.91 Å². The average Bonchev–Trinajstić information content (AvgIpc) is 2.95. The third kappa shape index (κ3) is 8.53. The molecule has 0 unspecified atom stereocenters. The highest BCUT2D eigenvalue weighted by Gasteiger charge is 2.19. The lowest BCUT2D eigenvalue weighted by Crippen LogP contribution is -2.24. The molecule has 1 atom stereocenters. The van der Waals surface area contributed by atoms with E-state index in [1.807, 2.05) is 84.9 Å². The molecule has 0 saturated carbocycles. The molecule has 0 aliphatic heterocycles. The van der Waals surface area contributed by atoms with Crippen molar-refractivity contribution in [2.24, 2.45) is 5.92 Å². The van der Waals surface area contributed by atoms with Crippen LogP contribution in [0.4, 0.5) is 5.69 Å². The van der Waals surface area contributed by atoms with Crippen LogP contribution in [0.2, 0.25) is 0 Å². The zero-order valence-electron chi connectivity index (χ0n) is 21.4. The first-order valence-electron chi connectivity index (χ1n) is 13.0. The van der Waals surface area contributed by atoms with Crippen LogP contribution in [0, 0.1) is 5.92 Å². The molecule has 4 heteroatoms. The number of benzene rings is 4. The summed E-state index contributed by atoms with van der Waals surface area (Å²) in [5.74, 6) is 1.57. The molecule has 0 radical (unpaired) electrons. The highest BCUT2D eigenvalue weighted by Crippen LogP contribution is 2.22. The number of hydrogen-bond donors (Lipinski definition) is 1. The van der Waals surface area contributed by atoms with Crippen molar-refractivity contribution in [2.75, 3.05) is 5.32 Å². The highest BCUT2D eigenvalue weighted by atomic mass is 16.5. The summed E-state index contributed by atoms with van der Waals surface area (Å²) < 4.78 is 11.8. The first-order valence-corrected chi connectivity index (χ1v) is 13.0. The standard InChI is InChI=1S/C33H35NO3/c1-2-3-14-29(23-26-15-19-31(20-16-26)36-24-27-10-6-4-7-11-27)33(35)34-30-17-21-32(22-18-30)37-25-28-12-8-5-9-13-28/h4-13,15-22,29H,2-3,14,23-25H2,1H3,(H,34,35)/t29-/m1/s1. The Hall–Kier alpha value is -4.05. The molecular formula is C33H35NO3. The Morgan fingerprint density at radius 1 is 0.676 bits per heavy atom. The summed E-state index contributed by atoms with van der Waals surface area (Å²) in [6.45, 7) is 3.21. The van der Waals surface area contributed by atoms with Crippen molar-refractivity contribution >= 4 is 11.6 Å². The molecule has 0 saturated heterocycles. The molecule has 0 bridgehead atoms. The van der Waals surface area contributed by atoms with Crippen molar-refractivity contribution in [3.63, 3.8) is 0 Å². The van der Waals surface area contributed by atoms with Crippen molar-refractivity contribution in [3.8, 4) is 11.5 Å². The zero-order valence-corrected chi connectivity index (χ0v) is 21.4. The van der Waals surface area contributed by atoms with Gasteiger partial charge >= 0.3 is 0 Å². The van der Waals surface area contributed by atoms with Crippen LogP contribution in [-0.4, -0.2) is 5.91 Å². The molecule has 0 aromatic heterocycles. The smallest absolute Gasteiger partial charge is 0.227 e. The van der Waals surface area contributed by atoms with E-state index >= 15 is 0 Å². The van der Waals surface area contributed by atoms with E-state index in [-0.39, 0.29) is 11.8 Å². The molecule has 37 heavy (non-hydrogen) atoms. The predicted molar refractivity (Wildman–Crippen MR) is 150 cm³/mol. The number of carbonyl (C=O) groups is 1. The van der Waals surface area contributed by atoms with Crippen LogP contribution in [0.3, 0.4) is 0 Å². The maximum absolute atomic E-state index is 13.2. The predicted octanol–water partition coefficient (Wildman–Crippen LogP) is 7.83. The van der Waals surface area contributed by atoms with Crippen LogP contribution in [0.5, 0.6) is 11.5 Å². The molecule has 1 N–H and O–H groups in total. The Morgan fingerprint density at radius 2 is 1.19 bits per heavy atom. The van der Waals surface area contributed by atoms with Crippen molar-refractivity contribution in [1.29, 1.82) is 0 Å². The van der Waals surface area contributed by atoms with Gasteiger partial charge in [-0.3, -0.25) is 4.79 Å². The second-order valence-electron chi connectivity index (χ2n) is 9.25. The van der Waals surface area contributed by atoms with Gasteiger partial charge in [-0.2, -0.15) is 0 Å². The molecule has 0 aliphatic carbocycles. The van der Waals surface area contributed by atoms with E-state index in [4.69, 9.17) is 9.47 Å². The van der Waals surface area contributed by atoms with Gasteiger partial charge in [-0.15, -0.1) is 0 Å². The fraction of sp³-hybridized carbons (Fsp3) is 0.242. The normalized spacial score (nSPS) is 11.5. The first kappa shape index (κ1) is 26.0. The molecular weight excluding hydrogens is 458 g/mol. The van der Waals surface area contributed by atoms with Crippen LogP contribution < -0.4 is 14.8 Å². The van der Waals surface area contributed by atoms with Crippen molar-refractivity contribution in [3.05, 3.63) is 126 Å². The summed E-state index contributed by atoms with van der Waals surface area (Å²) in [5, 5.41) is 3.10. The topological polar surface area (TPSA) is 47.6 Å². The SMILES string of the molecule is CCCC[C@H](Cc1ccc(OCc2ccccc2)cc1)C(=O)Nc1ccc(OCc2ccccc2)cc1. The number of unbranched alkanes of at least 4 members (excludes halogenated alkanes) is 1. The van der Waals surface area contributed by atoms with Gasteiger partial charge in [0, 0.05) is 11.6 Å². The van der Waals surface area contributed by atoms with Crippen LogP contribution in [-0.2, 0) is 24.4 Å². The maximum atomic E-state index is 13.2. The summed E-state index contributed by atoms with van der Waals surface area (Å²) >= 11 is 0. The quantitative estimate of drug-likeness (QED) is 0.206. The molecule has 0 fully saturated rings. The lowest BCUT2D eigenvalue weighted by atomic mass is 9.93. The van der Waals surface area contributed by atoms with Crippen molar-refractivity contribution < 1.29 is 14.3 Å². The highest BCUT2D eigenvalue weighted by molar-refractivity contribution is 5.92.